The second-order valence-corrected chi connectivity index (χ2v) is 9.91. The summed E-state index contributed by atoms with van der Waals surface area (Å²) in [6, 6.07) is 5.52. The van der Waals surface area contributed by atoms with Gasteiger partial charge in [-0.3, -0.25) is 19.7 Å². The number of nitrogens with zero attached hydrogens (tertiary/aromatic N) is 2. The molecule has 1 aliphatic carbocycles. The summed E-state index contributed by atoms with van der Waals surface area (Å²) >= 11 is 1.10. The average Bonchev–Trinajstić information content (AvgIpc) is 2.77. The number of sulfonamides is 1. The molecule has 32 heavy (non-hydrogen) atoms. The average molecular weight is 485 g/mol. The van der Waals surface area contributed by atoms with E-state index in [0.29, 0.717) is 17.7 Å². The maximum atomic E-state index is 12.4. The molecule has 0 aliphatic heterocycles. The zero-order valence-corrected chi connectivity index (χ0v) is 19.3. The Hall–Kier alpha value is -2.69. The number of nitrogens with one attached hydrogen (secondary N) is 2. The third kappa shape index (κ3) is 6.41. The first-order valence-corrected chi connectivity index (χ1v) is 12.5. The molecule has 1 aliphatic rings. The van der Waals surface area contributed by atoms with Gasteiger partial charge in [-0.1, -0.05) is 19.3 Å². The van der Waals surface area contributed by atoms with Crippen LogP contribution < -0.4 is 10.0 Å². The number of amides is 1. The van der Waals surface area contributed by atoms with E-state index in [1.165, 1.54) is 19.1 Å². The molecule has 1 amide bonds. The normalized spacial score (nSPS) is 16.4. The largest absolute Gasteiger partial charge is 0.452 e. The van der Waals surface area contributed by atoms with E-state index in [2.05, 4.69) is 11.4 Å². The van der Waals surface area contributed by atoms with Crippen molar-refractivity contribution < 1.29 is 27.7 Å². The molecule has 0 spiro atoms. The highest BCUT2D eigenvalue weighted by Gasteiger charge is 2.35. The number of nitriles is 1. The highest BCUT2D eigenvalue weighted by molar-refractivity contribution is 7.98. The Bertz CT molecular complexity index is 1030. The Balaban J connectivity index is 1.96. The number of thioether (sulfide) groups is 1. The van der Waals surface area contributed by atoms with Gasteiger partial charge in [0, 0.05) is 6.07 Å². The molecule has 1 saturated carbocycles. The molecule has 0 heterocycles. The van der Waals surface area contributed by atoms with Crippen LogP contribution in [0.15, 0.2) is 28.0 Å². The summed E-state index contributed by atoms with van der Waals surface area (Å²) in [5.74, 6) is -1.66. The summed E-state index contributed by atoms with van der Waals surface area (Å²) in [5.41, 5.74) is -1.36. The Morgan fingerprint density at radius 1 is 1.34 bits per heavy atom. The van der Waals surface area contributed by atoms with Gasteiger partial charge in [-0.25, -0.2) is 8.42 Å². The fraction of sp³-hybridized carbons (Fsp3) is 0.526. The number of esters is 1. The maximum absolute atomic E-state index is 12.4. The topological polar surface area (TPSA) is 168 Å². The van der Waals surface area contributed by atoms with Crippen molar-refractivity contribution in [3.05, 3.63) is 28.3 Å². The van der Waals surface area contributed by atoms with E-state index in [0.717, 1.165) is 37.1 Å². The van der Waals surface area contributed by atoms with E-state index in [4.69, 9.17) is 4.74 Å². The van der Waals surface area contributed by atoms with Crippen LogP contribution in [0, 0.1) is 21.4 Å². The number of benzene rings is 1. The Morgan fingerprint density at radius 3 is 2.56 bits per heavy atom. The quantitative estimate of drug-likeness (QED) is 0.230. The van der Waals surface area contributed by atoms with Gasteiger partial charge in [0.05, 0.1) is 20.8 Å². The van der Waals surface area contributed by atoms with Crippen molar-refractivity contribution in [2.75, 3.05) is 12.8 Å². The third-order valence-corrected chi connectivity index (χ3v) is 7.21. The van der Waals surface area contributed by atoms with Gasteiger partial charge in [0.15, 0.2) is 6.10 Å². The van der Waals surface area contributed by atoms with E-state index in [1.807, 2.05) is 4.72 Å². The van der Waals surface area contributed by atoms with Gasteiger partial charge in [-0.2, -0.15) is 9.98 Å². The summed E-state index contributed by atoms with van der Waals surface area (Å²) in [6.45, 7) is 0.543. The molecule has 1 fully saturated rings. The number of carbonyl (C=O) groups excluding carboxylic acids is 2. The third-order valence-electron chi connectivity index (χ3n) is 5.02. The number of rotatable bonds is 9. The monoisotopic (exact) mass is 484 g/mol. The second-order valence-electron chi connectivity index (χ2n) is 7.29. The molecule has 13 heteroatoms. The van der Waals surface area contributed by atoms with E-state index in [9.17, 15) is 33.4 Å². The van der Waals surface area contributed by atoms with Crippen LogP contribution in [0.5, 0.6) is 0 Å². The molecule has 0 saturated heterocycles. The SMILES string of the molecule is CSc1ccc(S(=O)(=O)NCC(=O)OC(C)C(=O)NC2(C#N)CCCCC2)cc1[N+](=O)[O-]. The zero-order chi connectivity index (χ0) is 23.9. The van der Waals surface area contributed by atoms with Crippen molar-refractivity contribution in [2.24, 2.45) is 0 Å². The minimum atomic E-state index is -4.24. The highest BCUT2D eigenvalue weighted by atomic mass is 32.2. The van der Waals surface area contributed by atoms with Crippen LogP contribution in [0.2, 0.25) is 0 Å². The molecule has 1 aromatic rings. The van der Waals surface area contributed by atoms with Crippen LogP contribution in [0.3, 0.4) is 0 Å². The standard InChI is InChI=1S/C19H24N4O7S2/c1-13(18(25)22-19(12-20)8-4-3-5-9-19)30-17(24)11-21-32(28,29)14-6-7-16(31-2)15(10-14)23(26)27/h6-7,10,13,21H,3-5,8-9,11H2,1-2H3,(H,22,25). The molecule has 0 aromatic heterocycles. The van der Waals surface area contributed by atoms with Gasteiger partial charge >= 0.3 is 5.97 Å². The van der Waals surface area contributed by atoms with Gasteiger partial charge in [-0.05, 0) is 38.2 Å². The molecule has 2 N–H and O–H groups in total. The molecule has 1 aromatic carbocycles. The smallest absolute Gasteiger partial charge is 0.321 e. The van der Waals surface area contributed by atoms with Crippen LogP contribution in [-0.2, 0) is 24.3 Å². The maximum Gasteiger partial charge on any atom is 0.321 e. The van der Waals surface area contributed by atoms with Crippen molar-refractivity contribution in [1.29, 1.82) is 5.26 Å². The predicted octanol–water partition coefficient (Wildman–Crippen LogP) is 1.87. The number of nitro benzene ring substituents is 1. The van der Waals surface area contributed by atoms with Crippen molar-refractivity contribution >= 4 is 39.3 Å². The molecule has 11 nitrogen and oxygen atoms in total. The first-order chi connectivity index (χ1) is 15.0. The van der Waals surface area contributed by atoms with Crippen LogP contribution >= 0.6 is 11.8 Å². The zero-order valence-electron chi connectivity index (χ0n) is 17.6. The summed E-state index contributed by atoms with van der Waals surface area (Å²) in [4.78, 5) is 34.8. The predicted molar refractivity (Wildman–Crippen MR) is 115 cm³/mol. The van der Waals surface area contributed by atoms with Crippen molar-refractivity contribution in [3.8, 4) is 6.07 Å². The fourth-order valence-electron chi connectivity index (χ4n) is 3.27. The minimum Gasteiger partial charge on any atom is -0.452 e. The Kier molecular flexibility index (Phi) is 8.59. The van der Waals surface area contributed by atoms with Crippen LogP contribution in [0.4, 0.5) is 5.69 Å². The molecule has 0 bridgehead atoms. The molecule has 1 unspecified atom stereocenters. The lowest BCUT2D eigenvalue weighted by molar-refractivity contribution is -0.388. The highest BCUT2D eigenvalue weighted by Crippen LogP contribution is 2.30. The minimum absolute atomic E-state index is 0.293. The molecular formula is C19H24N4O7S2. The van der Waals surface area contributed by atoms with Crippen LogP contribution in [0.1, 0.15) is 39.0 Å². The summed E-state index contributed by atoms with van der Waals surface area (Å²) in [7, 11) is -4.24. The van der Waals surface area contributed by atoms with Gasteiger partial charge < -0.3 is 10.1 Å². The Labute approximate surface area is 190 Å². The number of carbonyl (C=O) groups is 2. The van der Waals surface area contributed by atoms with Crippen molar-refractivity contribution in [2.45, 2.75) is 60.5 Å². The van der Waals surface area contributed by atoms with Gasteiger partial charge in [0.2, 0.25) is 10.0 Å². The summed E-state index contributed by atoms with van der Waals surface area (Å²) in [6.07, 6.45) is 4.00. The van der Waals surface area contributed by atoms with E-state index >= 15 is 0 Å². The Morgan fingerprint density at radius 2 is 2.00 bits per heavy atom. The van der Waals surface area contributed by atoms with Crippen molar-refractivity contribution in [3.63, 3.8) is 0 Å². The molecule has 1 atom stereocenters. The van der Waals surface area contributed by atoms with Crippen LogP contribution in [-0.4, -0.2) is 49.7 Å². The number of hydrogen-bond donors (Lipinski definition) is 2. The summed E-state index contributed by atoms with van der Waals surface area (Å²) in [5, 5.41) is 23.2. The van der Waals surface area contributed by atoms with Gasteiger partial charge in [0.25, 0.3) is 11.6 Å². The van der Waals surface area contributed by atoms with Crippen molar-refractivity contribution in [1.82, 2.24) is 10.0 Å². The van der Waals surface area contributed by atoms with Crippen LogP contribution in [0.25, 0.3) is 0 Å². The lowest BCUT2D eigenvalue weighted by Crippen LogP contribution is -2.52. The van der Waals surface area contributed by atoms with E-state index in [-0.39, 0.29) is 10.6 Å². The first-order valence-electron chi connectivity index (χ1n) is 9.78. The van der Waals surface area contributed by atoms with E-state index < -0.39 is 45.0 Å². The van der Waals surface area contributed by atoms with Gasteiger partial charge in [-0.15, -0.1) is 11.8 Å². The number of hydrogen-bond acceptors (Lipinski definition) is 9. The lowest BCUT2D eigenvalue weighted by Gasteiger charge is -2.32. The lowest BCUT2D eigenvalue weighted by atomic mass is 9.83. The number of nitro groups is 1. The summed E-state index contributed by atoms with van der Waals surface area (Å²) < 4.78 is 31.8. The molecule has 174 valence electrons. The molecule has 2 rings (SSSR count). The first kappa shape index (κ1) is 25.6. The van der Waals surface area contributed by atoms with Gasteiger partial charge in [0.1, 0.15) is 12.1 Å². The molecular weight excluding hydrogens is 460 g/mol. The number of ether oxygens (including phenoxy) is 1. The second kappa shape index (κ2) is 10.8. The fourth-order valence-corrected chi connectivity index (χ4v) is 4.80. The molecule has 0 radical (unpaired) electrons. The van der Waals surface area contributed by atoms with E-state index in [1.54, 1.807) is 6.26 Å².